The van der Waals surface area contributed by atoms with E-state index in [-0.39, 0.29) is 6.79 Å². The number of hydrogen-bond acceptors (Lipinski definition) is 3. The summed E-state index contributed by atoms with van der Waals surface area (Å²) in [7, 11) is 3.24. The van der Waals surface area contributed by atoms with Crippen LogP contribution in [0.25, 0.3) is 0 Å². The Hall–Kier alpha value is -0.740. The Balaban J connectivity index is 2.82. The molecule has 1 rings (SSSR count). The molecule has 0 atom stereocenters. The summed E-state index contributed by atoms with van der Waals surface area (Å²) in [5, 5.41) is 0.725. The maximum absolute atomic E-state index is 5.37. The van der Waals surface area contributed by atoms with E-state index in [0.29, 0.717) is 0 Å². The summed E-state index contributed by atoms with van der Waals surface area (Å²) < 4.78 is 15.3. The van der Waals surface area contributed by atoms with Gasteiger partial charge in [-0.25, -0.2) is 0 Å². The van der Waals surface area contributed by atoms with Gasteiger partial charge in [0.25, 0.3) is 0 Å². The van der Waals surface area contributed by atoms with Gasteiger partial charge in [0.15, 0.2) is 6.79 Å². The van der Waals surface area contributed by atoms with Crippen molar-refractivity contribution in [3.8, 4) is 11.5 Å². The topological polar surface area (TPSA) is 27.7 Å². The van der Waals surface area contributed by atoms with Gasteiger partial charge in [-0.3, -0.25) is 0 Å². The van der Waals surface area contributed by atoms with Crippen LogP contribution in [0.2, 0.25) is 0 Å². The smallest absolute Gasteiger partial charge is 0.188 e. The van der Waals surface area contributed by atoms with Crippen LogP contribution < -0.4 is 9.47 Å². The Labute approximate surface area is 92.1 Å². The number of methoxy groups -OCH3 is 2. The molecule has 0 heterocycles. The molecule has 0 bridgehead atoms. The molecule has 0 spiro atoms. The average molecular weight is 261 g/mol. The third kappa shape index (κ3) is 2.89. The third-order valence-electron chi connectivity index (χ3n) is 1.74. The Morgan fingerprint density at radius 1 is 1.29 bits per heavy atom. The van der Waals surface area contributed by atoms with Gasteiger partial charge in [0.1, 0.15) is 11.5 Å². The first-order valence-electron chi connectivity index (χ1n) is 4.16. The Morgan fingerprint density at radius 2 is 2.07 bits per heavy atom. The minimum atomic E-state index is 0.256. The molecular formula is C10H13BrO3. The van der Waals surface area contributed by atoms with Crippen molar-refractivity contribution in [2.75, 3.05) is 21.0 Å². The van der Waals surface area contributed by atoms with E-state index in [9.17, 15) is 0 Å². The lowest BCUT2D eigenvalue weighted by molar-refractivity contribution is 0.0505. The molecule has 14 heavy (non-hydrogen) atoms. The summed E-state index contributed by atoms with van der Waals surface area (Å²) >= 11 is 3.39. The van der Waals surface area contributed by atoms with Crippen LogP contribution in [0.3, 0.4) is 0 Å². The third-order valence-corrected chi connectivity index (χ3v) is 2.35. The Kier molecular flexibility index (Phi) is 4.76. The second kappa shape index (κ2) is 5.88. The molecule has 1 aromatic rings. The van der Waals surface area contributed by atoms with Gasteiger partial charge in [-0.05, 0) is 18.2 Å². The molecule has 0 radical (unpaired) electrons. The molecule has 0 saturated carbocycles. The molecule has 0 N–H and O–H groups in total. The standard InChI is InChI=1S/C10H13BrO3/c1-12-7-14-10-4-3-9(13-2)5-8(10)6-11/h3-5H,6-7H2,1-2H3. The molecule has 4 heteroatoms. The molecule has 0 aliphatic rings. The highest BCUT2D eigenvalue weighted by Crippen LogP contribution is 2.25. The van der Waals surface area contributed by atoms with Gasteiger partial charge >= 0.3 is 0 Å². The fourth-order valence-corrected chi connectivity index (χ4v) is 1.49. The molecule has 0 saturated heterocycles. The molecular weight excluding hydrogens is 248 g/mol. The zero-order valence-electron chi connectivity index (χ0n) is 8.25. The van der Waals surface area contributed by atoms with Gasteiger partial charge in [-0.15, -0.1) is 0 Å². The molecule has 0 fully saturated rings. The van der Waals surface area contributed by atoms with E-state index in [4.69, 9.17) is 14.2 Å². The van der Waals surface area contributed by atoms with Crippen molar-refractivity contribution < 1.29 is 14.2 Å². The first-order valence-corrected chi connectivity index (χ1v) is 5.28. The molecule has 0 aliphatic carbocycles. The lowest BCUT2D eigenvalue weighted by atomic mass is 10.2. The fourth-order valence-electron chi connectivity index (χ4n) is 1.05. The van der Waals surface area contributed by atoms with Crippen molar-refractivity contribution in [1.82, 2.24) is 0 Å². The van der Waals surface area contributed by atoms with Gasteiger partial charge in [0.05, 0.1) is 7.11 Å². The van der Waals surface area contributed by atoms with Crippen LogP contribution in [-0.2, 0) is 10.1 Å². The molecule has 1 aromatic carbocycles. The van der Waals surface area contributed by atoms with Crippen molar-refractivity contribution >= 4 is 15.9 Å². The predicted molar refractivity (Wildman–Crippen MR) is 58.1 cm³/mol. The van der Waals surface area contributed by atoms with Crippen LogP contribution in [-0.4, -0.2) is 21.0 Å². The van der Waals surface area contributed by atoms with E-state index >= 15 is 0 Å². The molecule has 0 amide bonds. The fraction of sp³-hybridized carbons (Fsp3) is 0.400. The van der Waals surface area contributed by atoms with Crippen molar-refractivity contribution in [3.63, 3.8) is 0 Å². The quantitative estimate of drug-likeness (QED) is 0.602. The number of ether oxygens (including phenoxy) is 3. The van der Waals surface area contributed by atoms with Crippen molar-refractivity contribution in [2.24, 2.45) is 0 Å². The Bertz CT molecular complexity index is 289. The van der Waals surface area contributed by atoms with Gasteiger partial charge in [-0.2, -0.15) is 0 Å². The SMILES string of the molecule is COCOc1ccc(OC)cc1CBr. The van der Waals surface area contributed by atoms with E-state index in [1.165, 1.54) is 0 Å². The second-order valence-corrected chi connectivity index (χ2v) is 3.22. The lowest BCUT2D eigenvalue weighted by Gasteiger charge is -2.10. The summed E-state index contributed by atoms with van der Waals surface area (Å²) in [4.78, 5) is 0. The highest BCUT2D eigenvalue weighted by atomic mass is 79.9. The van der Waals surface area contributed by atoms with Gasteiger partial charge in [0, 0.05) is 18.0 Å². The predicted octanol–water partition coefficient (Wildman–Crippen LogP) is 2.57. The number of rotatable bonds is 5. The zero-order chi connectivity index (χ0) is 10.4. The van der Waals surface area contributed by atoms with Gasteiger partial charge in [-0.1, -0.05) is 15.9 Å². The van der Waals surface area contributed by atoms with Crippen molar-refractivity contribution in [3.05, 3.63) is 23.8 Å². The molecule has 0 aliphatic heterocycles. The van der Waals surface area contributed by atoms with Gasteiger partial charge < -0.3 is 14.2 Å². The van der Waals surface area contributed by atoms with E-state index in [0.717, 1.165) is 22.4 Å². The molecule has 78 valence electrons. The molecule has 0 aromatic heterocycles. The van der Waals surface area contributed by atoms with Crippen LogP contribution in [0, 0.1) is 0 Å². The van der Waals surface area contributed by atoms with E-state index in [2.05, 4.69) is 15.9 Å². The highest BCUT2D eigenvalue weighted by Gasteiger charge is 2.03. The van der Waals surface area contributed by atoms with E-state index in [1.54, 1.807) is 14.2 Å². The zero-order valence-corrected chi connectivity index (χ0v) is 9.83. The monoisotopic (exact) mass is 260 g/mol. The summed E-state index contributed by atoms with van der Waals surface area (Å²) in [5.74, 6) is 1.63. The van der Waals surface area contributed by atoms with Crippen LogP contribution in [0.5, 0.6) is 11.5 Å². The largest absolute Gasteiger partial charge is 0.497 e. The number of hydrogen-bond donors (Lipinski definition) is 0. The van der Waals surface area contributed by atoms with Crippen LogP contribution in [0.1, 0.15) is 5.56 Å². The normalized spacial score (nSPS) is 9.93. The summed E-state index contributed by atoms with van der Waals surface area (Å²) in [6.45, 7) is 0.256. The van der Waals surface area contributed by atoms with E-state index < -0.39 is 0 Å². The Morgan fingerprint density at radius 3 is 2.64 bits per heavy atom. The van der Waals surface area contributed by atoms with E-state index in [1.807, 2.05) is 18.2 Å². The average Bonchev–Trinajstić information content (AvgIpc) is 2.26. The van der Waals surface area contributed by atoms with Gasteiger partial charge in [0.2, 0.25) is 0 Å². The molecule has 0 unspecified atom stereocenters. The minimum absolute atomic E-state index is 0.256. The maximum Gasteiger partial charge on any atom is 0.188 e. The number of alkyl halides is 1. The lowest BCUT2D eigenvalue weighted by Crippen LogP contribution is -2.01. The van der Waals surface area contributed by atoms with Crippen LogP contribution >= 0.6 is 15.9 Å². The first-order chi connectivity index (χ1) is 6.81. The minimum Gasteiger partial charge on any atom is -0.497 e. The van der Waals surface area contributed by atoms with Crippen LogP contribution in [0.15, 0.2) is 18.2 Å². The summed E-state index contributed by atoms with van der Waals surface area (Å²) in [5.41, 5.74) is 1.04. The molecule has 3 nitrogen and oxygen atoms in total. The second-order valence-electron chi connectivity index (χ2n) is 2.66. The summed E-state index contributed by atoms with van der Waals surface area (Å²) in [6, 6.07) is 5.66. The van der Waals surface area contributed by atoms with Crippen LogP contribution in [0.4, 0.5) is 0 Å². The first kappa shape index (κ1) is 11.3. The maximum atomic E-state index is 5.37. The van der Waals surface area contributed by atoms with Crippen molar-refractivity contribution in [2.45, 2.75) is 5.33 Å². The van der Waals surface area contributed by atoms with Crippen molar-refractivity contribution in [1.29, 1.82) is 0 Å². The number of benzene rings is 1. The summed E-state index contributed by atoms with van der Waals surface area (Å²) in [6.07, 6.45) is 0. The number of halogens is 1. The highest BCUT2D eigenvalue weighted by molar-refractivity contribution is 9.08.